The number of rotatable bonds is 3. The van der Waals surface area contributed by atoms with Crippen LogP contribution in [0.4, 0.5) is 0 Å². The first-order chi connectivity index (χ1) is 6.36. The van der Waals surface area contributed by atoms with Gasteiger partial charge in [-0.3, -0.25) is 9.78 Å². The molecule has 2 rings (SSSR count). The van der Waals surface area contributed by atoms with Crippen molar-refractivity contribution in [3.05, 3.63) is 39.0 Å². The zero-order valence-corrected chi connectivity index (χ0v) is 8.40. The maximum atomic E-state index is 11.6. The topological polar surface area (TPSA) is 30.0 Å². The first-order valence-corrected chi connectivity index (χ1v) is 5.56. The maximum absolute atomic E-state index is 11.6. The number of Topliss-reactive ketones (excluding diaryl/α,β-unsaturated/α-hetero) is 1. The largest absolute Gasteiger partial charge is 0.293 e. The lowest BCUT2D eigenvalue weighted by Gasteiger charge is -1.92. The van der Waals surface area contributed by atoms with Gasteiger partial charge < -0.3 is 0 Å². The molecule has 0 unspecified atom stereocenters. The van der Waals surface area contributed by atoms with Gasteiger partial charge in [-0.25, -0.2) is 0 Å². The second-order valence-corrected chi connectivity index (χ2v) is 4.46. The molecule has 0 atom stereocenters. The zero-order valence-electron chi connectivity index (χ0n) is 6.77. The number of hydrogen-bond donors (Lipinski definition) is 0. The molecule has 0 bridgehead atoms. The van der Waals surface area contributed by atoms with Crippen molar-refractivity contribution in [3.63, 3.8) is 0 Å². The first-order valence-electron chi connectivity index (χ1n) is 3.80. The molecular weight excluding hydrogens is 202 g/mol. The van der Waals surface area contributed by atoms with Crippen molar-refractivity contribution >= 4 is 28.5 Å². The van der Waals surface area contributed by atoms with Gasteiger partial charge in [0.05, 0.1) is 10.4 Å². The Hall–Kier alpha value is -1.00. The van der Waals surface area contributed by atoms with Gasteiger partial charge in [0, 0.05) is 17.5 Å². The predicted molar refractivity (Wildman–Crippen MR) is 54.5 cm³/mol. The third-order valence-corrected chi connectivity index (χ3v) is 3.31. The fourth-order valence-electron chi connectivity index (χ4n) is 1.01. The van der Waals surface area contributed by atoms with E-state index < -0.39 is 0 Å². The number of nitrogens with zero attached hydrogens (tertiary/aromatic N) is 1. The molecule has 2 nitrogen and oxygen atoms in total. The summed E-state index contributed by atoms with van der Waals surface area (Å²) in [6, 6.07) is 3.93. The van der Waals surface area contributed by atoms with Gasteiger partial charge in [0.25, 0.3) is 0 Å². The van der Waals surface area contributed by atoms with Crippen LogP contribution in [-0.4, -0.2) is 10.8 Å². The summed E-state index contributed by atoms with van der Waals surface area (Å²) in [6.07, 6.45) is 2.13. The van der Waals surface area contributed by atoms with Crippen LogP contribution in [0.1, 0.15) is 14.5 Å². The van der Waals surface area contributed by atoms with E-state index in [2.05, 4.69) is 4.98 Å². The van der Waals surface area contributed by atoms with Gasteiger partial charge >= 0.3 is 0 Å². The third-order valence-electron chi connectivity index (χ3n) is 1.62. The molecule has 0 spiro atoms. The van der Waals surface area contributed by atoms with Crippen molar-refractivity contribution < 1.29 is 4.79 Å². The lowest BCUT2D eigenvalue weighted by molar-refractivity contribution is 0.0997. The molecule has 0 aliphatic heterocycles. The molecule has 0 N–H and O–H groups in total. The molecule has 0 saturated heterocycles. The van der Waals surface area contributed by atoms with E-state index in [-0.39, 0.29) is 5.78 Å². The number of carbonyl (C=O) groups excluding carboxylic acids is 1. The lowest BCUT2D eigenvalue weighted by Crippen LogP contribution is -1.98. The molecule has 0 radical (unpaired) electrons. The molecule has 2 aromatic rings. The van der Waals surface area contributed by atoms with E-state index in [0.29, 0.717) is 6.42 Å². The molecule has 2 heterocycles. The Morgan fingerprint density at radius 3 is 3.00 bits per heavy atom. The van der Waals surface area contributed by atoms with Crippen molar-refractivity contribution in [1.82, 2.24) is 4.98 Å². The molecule has 0 aliphatic carbocycles. The molecular formula is C9H7NOS2. The van der Waals surface area contributed by atoms with Gasteiger partial charge in [0.1, 0.15) is 0 Å². The Morgan fingerprint density at radius 1 is 1.46 bits per heavy atom. The van der Waals surface area contributed by atoms with E-state index in [9.17, 15) is 4.79 Å². The minimum absolute atomic E-state index is 0.157. The lowest BCUT2D eigenvalue weighted by atomic mass is 10.2. The highest BCUT2D eigenvalue weighted by molar-refractivity contribution is 7.12. The Bertz CT molecular complexity index is 378. The minimum atomic E-state index is 0.157. The summed E-state index contributed by atoms with van der Waals surface area (Å²) < 4.78 is 0. The average molecular weight is 209 g/mol. The summed E-state index contributed by atoms with van der Waals surface area (Å²) in [4.78, 5) is 17.3. The highest BCUT2D eigenvalue weighted by Gasteiger charge is 2.08. The van der Waals surface area contributed by atoms with E-state index in [0.717, 1.165) is 9.75 Å². The van der Waals surface area contributed by atoms with E-state index in [1.165, 1.54) is 11.3 Å². The van der Waals surface area contributed by atoms with E-state index in [1.807, 2.05) is 17.5 Å². The van der Waals surface area contributed by atoms with Crippen molar-refractivity contribution in [3.8, 4) is 0 Å². The number of thiophene rings is 1. The monoisotopic (exact) mass is 209 g/mol. The van der Waals surface area contributed by atoms with Crippen LogP contribution in [0.2, 0.25) is 0 Å². The van der Waals surface area contributed by atoms with Crippen molar-refractivity contribution in [2.45, 2.75) is 6.42 Å². The SMILES string of the molecule is O=C(Cc1cccs1)c1cncs1. The Labute approximate surface area is 83.9 Å². The summed E-state index contributed by atoms with van der Waals surface area (Å²) >= 11 is 3.01. The highest BCUT2D eigenvalue weighted by atomic mass is 32.1. The number of hydrogen-bond acceptors (Lipinski definition) is 4. The van der Waals surface area contributed by atoms with Crippen molar-refractivity contribution in [2.24, 2.45) is 0 Å². The van der Waals surface area contributed by atoms with E-state index in [4.69, 9.17) is 0 Å². The molecule has 0 amide bonds. The fraction of sp³-hybridized carbons (Fsp3) is 0.111. The second kappa shape index (κ2) is 3.81. The highest BCUT2D eigenvalue weighted by Crippen LogP contribution is 2.14. The summed E-state index contributed by atoms with van der Waals surface area (Å²) in [5.74, 6) is 0.157. The minimum Gasteiger partial charge on any atom is -0.293 e. The number of carbonyl (C=O) groups is 1. The van der Waals surface area contributed by atoms with Crippen LogP contribution < -0.4 is 0 Å². The molecule has 2 aromatic heterocycles. The van der Waals surface area contributed by atoms with Crippen molar-refractivity contribution in [2.75, 3.05) is 0 Å². The molecule has 0 aliphatic rings. The summed E-state index contributed by atoms with van der Waals surface area (Å²) in [5, 5.41) is 1.98. The smallest absolute Gasteiger partial charge is 0.179 e. The Morgan fingerprint density at radius 2 is 2.38 bits per heavy atom. The molecule has 4 heteroatoms. The van der Waals surface area contributed by atoms with Gasteiger partial charge in [0.2, 0.25) is 0 Å². The van der Waals surface area contributed by atoms with Crippen LogP contribution in [0.15, 0.2) is 29.2 Å². The first kappa shape index (κ1) is 8.59. The average Bonchev–Trinajstić information content (AvgIpc) is 2.74. The molecule has 66 valence electrons. The quantitative estimate of drug-likeness (QED) is 0.727. The van der Waals surface area contributed by atoms with Gasteiger partial charge in [-0.05, 0) is 11.4 Å². The second-order valence-electron chi connectivity index (χ2n) is 2.54. The normalized spacial score (nSPS) is 10.2. The van der Waals surface area contributed by atoms with Crippen molar-refractivity contribution in [1.29, 1.82) is 0 Å². The number of thiazole rings is 1. The number of ketones is 1. The maximum Gasteiger partial charge on any atom is 0.179 e. The van der Waals surface area contributed by atoms with Crippen LogP contribution in [0.3, 0.4) is 0 Å². The summed E-state index contributed by atoms with van der Waals surface area (Å²) in [6.45, 7) is 0. The van der Waals surface area contributed by atoms with Gasteiger partial charge in [-0.2, -0.15) is 0 Å². The zero-order chi connectivity index (χ0) is 9.10. The van der Waals surface area contributed by atoms with E-state index in [1.54, 1.807) is 23.0 Å². The summed E-state index contributed by atoms with van der Waals surface area (Å²) in [7, 11) is 0. The molecule has 13 heavy (non-hydrogen) atoms. The summed E-state index contributed by atoms with van der Waals surface area (Å²) in [5.41, 5.74) is 1.68. The van der Waals surface area contributed by atoms with Crippen LogP contribution in [0.25, 0.3) is 0 Å². The molecule has 0 aromatic carbocycles. The van der Waals surface area contributed by atoms with Gasteiger partial charge in [-0.15, -0.1) is 22.7 Å². The standard InChI is InChI=1S/C9H7NOS2/c11-8(9-5-10-6-13-9)4-7-2-1-3-12-7/h1-3,5-6H,4H2. The van der Waals surface area contributed by atoms with E-state index >= 15 is 0 Å². The van der Waals surface area contributed by atoms with Crippen LogP contribution >= 0.6 is 22.7 Å². The predicted octanol–water partition coefficient (Wildman–Crippen LogP) is 2.63. The van der Waals surface area contributed by atoms with Crippen LogP contribution in [0, 0.1) is 0 Å². The Kier molecular flexibility index (Phi) is 2.52. The van der Waals surface area contributed by atoms with Crippen LogP contribution in [-0.2, 0) is 6.42 Å². The van der Waals surface area contributed by atoms with Gasteiger partial charge in [-0.1, -0.05) is 6.07 Å². The molecule has 0 saturated carbocycles. The van der Waals surface area contributed by atoms with Crippen LogP contribution in [0.5, 0.6) is 0 Å². The number of aromatic nitrogens is 1. The van der Waals surface area contributed by atoms with Gasteiger partial charge in [0.15, 0.2) is 5.78 Å². The Balaban J connectivity index is 2.08. The fourth-order valence-corrected chi connectivity index (χ4v) is 2.28. The third kappa shape index (κ3) is 2.02. The molecule has 0 fully saturated rings.